The lowest BCUT2D eigenvalue weighted by molar-refractivity contribution is 0.0816. The summed E-state index contributed by atoms with van der Waals surface area (Å²) in [6, 6.07) is 14.1. The Morgan fingerprint density at radius 3 is 2.62 bits per heavy atom. The maximum atomic E-state index is 13.1. The van der Waals surface area contributed by atoms with Gasteiger partial charge >= 0.3 is 0 Å². The van der Waals surface area contributed by atoms with Crippen molar-refractivity contribution < 1.29 is 14.3 Å². The van der Waals surface area contributed by atoms with E-state index in [4.69, 9.17) is 10.5 Å². The fourth-order valence-corrected chi connectivity index (χ4v) is 5.17. The summed E-state index contributed by atoms with van der Waals surface area (Å²) in [4.78, 5) is 25.3. The van der Waals surface area contributed by atoms with Crippen molar-refractivity contribution in [3.8, 4) is 11.1 Å². The van der Waals surface area contributed by atoms with Gasteiger partial charge in [-0.2, -0.15) is 0 Å². The second kappa shape index (κ2) is 7.78. The molecule has 3 N–H and O–H groups in total. The Morgan fingerprint density at radius 1 is 1.12 bits per heavy atom. The minimum absolute atomic E-state index is 0.105. The number of primary amides is 1. The molecule has 6 heteroatoms. The number of anilines is 1. The average Bonchev–Trinajstić information content (AvgIpc) is 3.07. The largest absolute Gasteiger partial charge is 0.381 e. The number of ether oxygens (including phenoxy) is 1. The van der Waals surface area contributed by atoms with Crippen molar-refractivity contribution in [1.82, 2.24) is 4.57 Å². The fourth-order valence-electron chi connectivity index (χ4n) is 5.17. The predicted molar refractivity (Wildman–Crippen MR) is 126 cm³/mol. The highest BCUT2D eigenvalue weighted by molar-refractivity contribution is 6.06. The van der Waals surface area contributed by atoms with E-state index < -0.39 is 5.91 Å². The number of nitrogens with zero attached hydrogens (tertiary/aromatic N) is 1. The van der Waals surface area contributed by atoms with Crippen molar-refractivity contribution in [1.29, 1.82) is 0 Å². The second-order valence-electron chi connectivity index (χ2n) is 9.74. The minimum atomic E-state index is -0.453. The van der Waals surface area contributed by atoms with Crippen molar-refractivity contribution in [3.05, 3.63) is 53.7 Å². The maximum absolute atomic E-state index is 13.1. The Balaban J connectivity index is 1.68. The number of para-hydroxylation sites is 1. The number of nitrogens with two attached hydrogens (primary N) is 1. The van der Waals surface area contributed by atoms with Crippen LogP contribution in [0.15, 0.2) is 42.5 Å². The van der Waals surface area contributed by atoms with E-state index >= 15 is 0 Å². The number of carbonyl (C=O) groups excluding carboxylic acids is 2. The molecular weight excluding hydrogens is 402 g/mol. The lowest BCUT2D eigenvalue weighted by atomic mass is 9.80. The van der Waals surface area contributed by atoms with Crippen LogP contribution < -0.4 is 11.1 Å². The van der Waals surface area contributed by atoms with Crippen molar-refractivity contribution >= 4 is 28.4 Å². The zero-order chi connectivity index (χ0) is 22.5. The molecule has 32 heavy (non-hydrogen) atoms. The van der Waals surface area contributed by atoms with Crippen LogP contribution in [0.1, 0.15) is 54.0 Å². The Bertz CT molecular complexity index is 1220. The Morgan fingerprint density at radius 2 is 1.88 bits per heavy atom. The lowest BCUT2D eigenvalue weighted by Crippen LogP contribution is -2.31. The zero-order valence-electron chi connectivity index (χ0n) is 18.6. The first kappa shape index (κ1) is 20.8. The molecule has 1 fully saturated rings. The summed E-state index contributed by atoms with van der Waals surface area (Å²) in [5, 5.41) is 4.58. The molecule has 0 aliphatic carbocycles. The van der Waals surface area contributed by atoms with Crippen LogP contribution in [0.2, 0.25) is 0 Å². The van der Waals surface area contributed by atoms with E-state index in [9.17, 15) is 9.59 Å². The molecule has 0 spiro atoms. The number of carbonyl (C=O) groups is 2. The number of aromatic nitrogens is 1. The van der Waals surface area contributed by atoms with Gasteiger partial charge in [0.25, 0.3) is 5.91 Å². The molecule has 1 amide bonds. The van der Waals surface area contributed by atoms with Gasteiger partial charge in [0.1, 0.15) is 0 Å². The lowest BCUT2D eigenvalue weighted by Gasteiger charge is -2.30. The van der Waals surface area contributed by atoms with Gasteiger partial charge in [0, 0.05) is 48.0 Å². The van der Waals surface area contributed by atoms with Crippen molar-refractivity contribution in [2.75, 3.05) is 18.5 Å². The third-order valence-corrected chi connectivity index (χ3v) is 6.65. The third-order valence-electron chi connectivity index (χ3n) is 6.65. The van der Waals surface area contributed by atoms with Crippen molar-refractivity contribution in [2.24, 2.45) is 11.1 Å². The van der Waals surface area contributed by atoms with Crippen LogP contribution in [-0.2, 0) is 11.2 Å². The smallest absolute Gasteiger partial charge is 0.250 e. The van der Waals surface area contributed by atoms with Crippen LogP contribution in [0.3, 0.4) is 0 Å². The Hall–Kier alpha value is -3.12. The van der Waals surface area contributed by atoms with Gasteiger partial charge in [-0.05, 0) is 48.4 Å². The second-order valence-corrected chi connectivity index (χ2v) is 9.74. The van der Waals surface area contributed by atoms with Crippen LogP contribution >= 0.6 is 0 Å². The van der Waals surface area contributed by atoms with Gasteiger partial charge in [-0.1, -0.05) is 38.1 Å². The summed E-state index contributed by atoms with van der Waals surface area (Å²) in [5.41, 5.74) is 10.8. The van der Waals surface area contributed by atoms with Gasteiger partial charge in [-0.25, -0.2) is 0 Å². The molecule has 0 saturated carbocycles. The molecule has 0 bridgehead atoms. The van der Waals surface area contributed by atoms with Crippen LogP contribution in [0.25, 0.3) is 22.0 Å². The molecule has 5 rings (SSSR count). The third kappa shape index (κ3) is 3.58. The first-order valence-electron chi connectivity index (χ1n) is 11.3. The van der Waals surface area contributed by atoms with Gasteiger partial charge in [-0.15, -0.1) is 0 Å². The molecule has 6 nitrogen and oxygen atoms in total. The molecule has 3 aromatic rings. The van der Waals surface area contributed by atoms with E-state index in [0.717, 1.165) is 52.7 Å². The van der Waals surface area contributed by atoms with Crippen LogP contribution in [0, 0.1) is 5.41 Å². The van der Waals surface area contributed by atoms with Crippen molar-refractivity contribution in [2.45, 2.75) is 45.6 Å². The number of rotatable bonds is 4. The number of amides is 1. The quantitative estimate of drug-likeness (QED) is 0.632. The number of hydrogen-bond donors (Lipinski definition) is 2. The fraction of sp³-hybridized carbons (Fsp3) is 0.385. The van der Waals surface area contributed by atoms with Gasteiger partial charge in [0.15, 0.2) is 0 Å². The summed E-state index contributed by atoms with van der Waals surface area (Å²) >= 11 is 0. The summed E-state index contributed by atoms with van der Waals surface area (Å²) in [6.07, 6.45) is 3.10. The molecule has 2 aliphatic heterocycles. The number of hydrogen-bond acceptors (Lipinski definition) is 4. The van der Waals surface area contributed by atoms with Gasteiger partial charge in [0.05, 0.1) is 11.1 Å². The van der Waals surface area contributed by atoms with E-state index in [1.165, 1.54) is 0 Å². The summed E-state index contributed by atoms with van der Waals surface area (Å²) in [5.74, 6) is -0.320. The molecule has 2 aliphatic rings. The number of benzene rings is 2. The topological polar surface area (TPSA) is 86.4 Å². The highest BCUT2D eigenvalue weighted by Crippen LogP contribution is 2.43. The minimum Gasteiger partial charge on any atom is -0.381 e. The SMILES string of the molecule is CC1(C)CC(=O)n2c(c(-c3ccc(C(N)=O)c(NC4CCOCC4)c3)c3ccccc32)C1. The molecule has 3 heterocycles. The average molecular weight is 432 g/mol. The first-order valence-corrected chi connectivity index (χ1v) is 11.3. The van der Waals surface area contributed by atoms with Gasteiger partial charge < -0.3 is 15.8 Å². The van der Waals surface area contributed by atoms with Crippen LogP contribution in [0.5, 0.6) is 0 Å². The molecule has 0 atom stereocenters. The molecule has 2 aromatic carbocycles. The van der Waals surface area contributed by atoms with E-state index in [1.54, 1.807) is 6.07 Å². The molecule has 0 radical (unpaired) electrons. The molecule has 166 valence electrons. The summed E-state index contributed by atoms with van der Waals surface area (Å²) in [7, 11) is 0. The predicted octanol–water partition coefficient (Wildman–Crippen LogP) is 4.61. The van der Waals surface area contributed by atoms with E-state index in [-0.39, 0.29) is 17.4 Å². The van der Waals surface area contributed by atoms with E-state index in [2.05, 4.69) is 25.2 Å². The first-order chi connectivity index (χ1) is 15.3. The van der Waals surface area contributed by atoms with Crippen molar-refractivity contribution in [3.63, 3.8) is 0 Å². The molecule has 1 aromatic heterocycles. The molecular formula is C26H29N3O3. The monoisotopic (exact) mass is 431 g/mol. The van der Waals surface area contributed by atoms with Gasteiger partial charge in [-0.3, -0.25) is 14.2 Å². The summed E-state index contributed by atoms with van der Waals surface area (Å²) < 4.78 is 7.36. The highest BCUT2D eigenvalue weighted by Gasteiger charge is 2.35. The number of nitrogens with one attached hydrogen (secondary N) is 1. The summed E-state index contributed by atoms with van der Waals surface area (Å²) in [6.45, 7) is 5.70. The van der Waals surface area contributed by atoms with E-state index in [0.29, 0.717) is 25.2 Å². The Labute approximate surface area is 187 Å². The molecule has 0 unspecified atom stereocenters. The maximum Gasteiger partial charge on any atom is 0.250 e. The van der Waals surface area contributed by atoms with E-state index in [1.807, 2.05) is 34.9 Å². The highest BCUT2D eigenvalue weighted by atomic mass is 16.5. The Kier molecular flexibility index (Phi) is 5.05. The molecule has 1 saturated heterocycles. The number of fused-ring (bicyclic) bond motifs is 3. The van der Waals surface area contributed by atoms with Crippen LogP contribution in [-0.4, -0.2) is 35.6 Å². The standard InChI is InChI=1S/C26H29N3O3/c1-26(2)14-22-24(19-5-3-4-6-21(19)29(22)23(30)15-26)16-7-8-18(25(27)31)20(13-16)28-17-9-11-32-12-10-17/h3-8,13,17,28H,9-12,14-15H2,1-2H3,(H2,27,31). The zero-order valence-corrected chi connectivity index (χ0v) is 18.6. The normalized spacial score (nSPS) is 18.5. The van der Waals surface area contributed by atoms with Gasteiger partial charge in [0.2, 0.25) is 5.91 Å². The van der Waals surface area contributed by atoms with Crippen LogP contribution in [0.4, 0.5) is 5.69 Å².